The Morgan fingerprint density at radius 2 is 1.70 bits per heavy atom. The lowest BCUT2D eigenvalue weighted by Crippen LogP contribution is -2.42. The molecule has 0 aliphatic heterocycles. The number of rotatable bonds is 6. The third-order valence-electron chi connectivity index (χ3n) is 4.58. The van der Waals surface area contributed by atoms with Gasteiger partial charge in [0.15, 0.2) is 5.01 Å². The first-order valence-corrected chi connectivity index (χ1v) is 10.0. The third kappa shape index (κ3) is 4.26. The molecule has 1 atom stereocenters. The van der Waals surface area contributed by atoms with Crippen molar-refractivity contribution in [1.82, 2.24) is 10.3 Å². The molecule has 0 radical (unpaired) electrons. The Labute approximate surface area is 175 Å². The van der Waals surface area contributed by atoms with Gasteiger partial charge < -0.3 is 5.32 Å². The zero-order valence-corrected chi connectivity index (χ0v) is 16.5. The molecule has 150 valence electrons. The SMILES string of the molecule is O=C(NC(Cc1ccccc1)C(=O)c1nc2ccccc2s1)c1ccc(F)cc1F. The quantitative estimate of drug-likeness (QED) is 0.454. The Hall–Kier alpha value is -3.45. The number of halogens is 2. The van der Waals surface area contributed by atoms with Crippen LogP contribution in [0.25, 0.3) is 10.2 Å². The normalized spacial score (nSPS) is 11.9. The number of aromatic nitrogens is 1. The van der Waals surface area contributed by atoms with Crippen LogP contribution in [0.1, 0.15) is 25.7 Å². The van der Waals surface area contributed by atoms with Crippen molar-refractivity contribution in [2.24, 2.45) is 0 Å². The fraction of sp³-hybridized carbons (Fsp3) is 0.0870. The molecule has 4 aromatic rings. The van der Waals surface area contributed by atoms with E-state index in [9.17, 15) is 18.4 Å². The predicted octanol–water partition coefficient (Wildman–Crippen LogP) is 4.80. The topological polar surface area (TPSA) is 59.1 Å². The summed E-state index contributed by atoms with van der Waals surface area (Å²) >= 11 is 1.24. The van der Waals surface area contributed by atoms with Gasteiger partial charge >= 0.3 is 0 Å². The summed E-state index contributed by atoms with van der Waals surface area (Å²) in [5.74, 6) is -2.92. The molecule has 30 heavy (non-hydrogen) atoms. The minimum Gasteiger partial charge on any atom is -0.341 e. The van der Waals surface area contributed by atoms with Crippen molar-refractivity contribution >= 4 is 33.2 Å². The maximum Gasteiger partial charge on any atom is 0.254 e. The summed E-state index contributed by atoms with van der Waals surface area (Å²) in [5, 5.41) is 2.86. The van der Waals surface area contributed by atoms with Gasteiger partial charge in [-0.15, -0.1) is 11.3 Å². The van der Waals surface area contributed by atoms with E-state index in [-0.39, 0.29) is 22.8 Å². The Kier molecular flexibility index (Phi) is 5.63. The Bertz CT molecular complexity index is 1190. The van der Waals surface area contributed by atoms with E-state index >= 15 is 0 Å². The van der Waals surface area contributed by atoms with E-state index in [1.165, 1.54) is 11.3 Å². The molecule has 0 aliphatic rings. The number of hydrogen-bond acceptors (Lipinski definition) is 4. The van der Waals surface area contributed by atoms with Gasteiger partial charge in [0.25, 0.3) is 5.91 Å². The minimum atomic E-state index is -0.988. The van der Waals surface area contributed by atoms with Gasteiger partial charge in [-0.05, 0) is 29.8 Å². The summed E-state index contributed by atoms with van der Waals surface area (Å²) in [4.78, 5) is 30.2. The van der Waals surface area contributed by atoms with Gasteiger partial charge in [0.05, 0.1) is 21.8 Å². The summed E-state index contributed by atoms with van der Waals surface area (Å²) in [6.45, 7) is 0. The molecule has 0 aliphatic carbocycles. The molecule has 0 fully saturated rings. The van der Waals surface area contributed by atoms with Gasteiger partial charge in [-0.3, -0.25) is 9.59 Å². The molecule has 7 heteroatoms. The Morgan fingerprint density at radius 1 is 0.967 bits per heavy atom. The fourth-order valence-corrected chi connectivity index (χ4v) is 4.06. The maximum atomic E-state index is 14.0. The van der Waals surface area contributed by atoms with Crippen LogP contribution in [-0.4, -0.2) is 22.7 Å². The number of hydrogen-bond donors (Lipinski definition) is 1. The van der Waals surface area contributed by atoms with E-state index in [0.717, 1.165) is 22.4 Å². The number of Topliss-reactive ketones (excluding diaryl/α,β-unsaturated/α-hetero) is 1. The number of thiazole rings is 1. The largest absolute Gasteiger partial charge is 0.341 e. The molecule has 4 nitrogen and oxygen atoms in total. The number of carbonyl (C=O) groups excluding carboxylic acids is 2. The number of fused-ring (bicyclic) bond motifs is 1. The van der Waals surface area contributed by atoms with Crippen molar-refractivity contribution in [3.05, 3.63) is 101 Å². The number of ketones is 1. The zero-order valence-electron chi connectivity index (χ0n) is 15.6. The van der Waals surface area contributed by atoms with Gasteiger partial charge in [-0.25, -0.2) is 13.8 Å². The fourth-order valence-electron chi connectivity index (χ4n) is 3.10. The molecule has 0 saturated carbocycles. The lowest BCUT2D eigenvalue weighted by atomic mass is 10.0. The van der Waals surface area contributed by atoms with Crippen LogP contribution < -0.4 is 5.32 Å². The molecular formula is C23H16F2N2O2S. The number of nitrogens with zero attached hydrogens (tertiary/aromatic N) is 1. The van der Waals surface area contributed by atoms with Crippen LogP contribution >= 0.6 is 11.3 Å². The van der Waals surface area contributed by atoms with Gasteiger partial charge in [0, 0.05) is 12.5 Å². The summed E-state index contributed by atoms with van der Waals surface area (Å²) < 4.78 is 28.1. The molecule has 1 unspecified atom stereocenters. The van der Waals surface area contributed by atoms with Gasteiger partial charge in [0.1, 0.15) is 11.6 Å². The van der Waals surface area contributed by atoms with Gasteiger partial charge in [0.2, 0.25) is 5.78 Å². The van der Waals surface area contributed by atoms with E-state index in [4.69, 9.17) is 0 Å². The lowest BCUT2D eigenvalue weighted by molar-refractivity contribution is 0.0854. The van der Waals surface area contributed by atoms with Crippen LogP contribution in [0.5, 0.6) is 0 Å². The van der Waals surface area contributed by atoms with Crippen molar-refractivity contribution in [1.29, 1.82) is 0 Å². The number of benzene rings is 3. The number of carbonyl (C=O) groups is 2. The van der Waals surface area contributed by atoms with Crippen molar-refractivity contribution < 1.29 is 18.4 Å². The van der Waals surface area contributed by atoms with Gasteiger partial charge in [-0.1, -0.05) is 42.5 Å². The van der Waals surface area contributed by atoms with E-state index in [2.05, 4.69) is 10.3 Å². The minimum absolute atomic E-state index is 0.212. The summed E-state index contributed by atoms with van der Waals surface area (Å²) in [7, 11) is 0. The second-order valence-electron chi connectivity index (χ2n) is 6.69. The average Bonchev–Trinajstić information content (AvgIpc) is 3.17. The molecule has 1 aromatic heterocycles. The van der Waals surface area contributed by atoms with Crippen molar-refractivity contribution in [2.45, 2.75) is 12.5 Å². The molecule has 1 heterocycles. The van der Waals surface area contributed by atoms with E-state index in [1.54, 1.807) is 6.07 Å². The van der Waals surface area contributed by atoms with Crippen LogP contribution in [0, 0.1) is 11.6 Å². The standard InChI is InChI=1S/C23H16F2N2O2S/c24-15-10-11-16(17(25)13-15)22(29)26-19(12-14-6-2-1-3-7-14)21(28)23-27-18-8-4-5-9-20(18)30-23/h1-11,13,19H,12H2,(H,26,29). The van der Waals surface area contributed by atoms with Crippen LogP contribution in [-0.2, 0) is 6.42 Å². The van der Waals surface area contributed by atoms with Crippen molar-refractivity contribution in [3.8, 4) is 0 Å². The second-order valence-corrected chi connectivity index (χ2v) is 7.72. The maximum absolute atomic E-state index is 14.0. The molecule has 1 N–H and O–H groups in total. The molecule has 4 rings (SSSR count). The number of nitrogens with one attached hydrogen (secondary N) is 1. The molecule has 1 amide bonds. The molecule has 0 saturated heterocycles. The van der Waals surface area contributed by atoms with Crippen LogP contribution in [0.3, 0.4) is 0 Å². The zero-order chi connectivity index (χ0) is 21.1. The smallest absolute Gasteiger partial charge is 0.254 e. The molecule has 0 bridgehead atoms. The first-order valence-electron chi connectivity index (χ1n) is 9.21. The average molecular weight is 422 g/mol. The monoisotopic (exact) mass is 422 g/mol. The third-order valence-corrected chi connectivity index (χ3v) is 5.64. The molecule has 3 aromatic carbocycles. The Balaban J connectivity index is 1.64. The van der Waals surface area contributed by atoms with E-state index < -0.39 is 23.6 Å². The number of para-hydroxylation sites is 1. The number of amides is 1. The first kappa shape index (κ1) is 19.8. The van der Waals surface area contributed by atoms with Gasteiger partial charge in [-0.2, -0.15) is 0 Å². The van der Waals surface area contributed by atoms with Crippen molar-refractivity contribution in [3.63, 3.8) is 0 Å². The highest BCUT2D eigenvalue weighted by Gasteiger charge is 2.27. The van der Waals surface area contributed by atoms with Crippen molar-refractivity contribution in [2.75, 3.05) is 0 Å². The highest BCUT2D eigenvalue weighted by Crippen LogP contribution is 2.23. The second kappa shape index (κ2) is 8.51. The summed E-state index contributed by atoms with van der Waals surface area (Å²) in [6.07, 6.45) is 0.212. The highest BCUT2D eigenvalue weighted by molar-refractivity contribution is 7.20. The Morgan fingerprint density at radius 3 is 2.43 bits per heavy atom. The van der Waals surface area contributed by atoms with E-state index in [1.807, 2.05) is 48.5 Å². The predicted molar refractivity (Wildman–Crippen MR) is 112 cm³/mol. The summed E-state index contributed by atoms with van der Waals surface area (Å²) in [5.41, 5.74) is 1.20. The lowest BCUT2D eigenvalue weighted by Gasteiger charge is -2.17. The van der Waals surface area contributed by atoms with E-state index in [0.29, 0.717) is 11.6 Å². The first-order chi connectivity index (χ1) is 14.5. The van der Waals surface area contributed by atoms with Crippen LogP contribution in [0.15, 0.2) is 72.8 Å². The molecular weight excluding hydrogens is 406 g/mol. The van der Waals surface area contributed by atoms with Crippen LogP contribution in [0.2, 0.25) is 0 Å². The van der Waals surface area contributed by atoms with Crippen LogP contribution in [0.4, 0.5) is 8.78 Å². The summed E-state index contributed by atoms with van der Waals surface area (Å²) in [6, 6.07) is 18.3. The molecule has 0 spiro atoms. The highest BCUT2D eigenvalue weighted by atomic mass is 32.1.